The fourth-order valence-corrected chi connectivity index (χ4v) is 1.40. The topological polar surface area (TPSA) is 15.8 Å². The fourth-order valence-electron chi connectivity index (χ4n) is 1.40. The van der Waals surface area contributed by atoms with Crippen LogP contribution in [0.1, 0.15) is 39.0 Å². The molecule has 0 radical (unpaired) electrons. The van der Waals surface area contributed by atoms with Crippen LogP contribution in [0.15, 0.2) is 24.3 Å². The summed E-state index contributed by atoms with van der Waals surface area (Å²) < 4.78 is 0. The van der Waals surface area contributed by atoms with E-state index in [0.717, 1.165) is 0 Å². The molecular formula is C14H23N. The number of aromatic nitrogens is 1. The molecule has 0 saturated heterocycles. The molecule has 0 aliphatic rings. The summed E-state index contributed by atoms with van der Waals surface area (Å²) in [6, 6.07) is 8.61. The summed E-state index contributed by atoms with van der Waals surface area (Å²) in [5.74, 6) is 0. The Bertz CT molecular complexity index is 385. The molecule has 0 spiro atoms. The van der Waals surface area contributed by atoms with Crippen molar-refractivity contribution in [2.75, 3.05) is 0 Å². The number of hydrogen-bond acceptors (Lipinski definition) is 0. The summed E-state index contributed by atoms with van der Waals surface area (Å²) in [5, 5.41) is 1.31. The zero-order valence-electron chi connectivity index (χ0n) is 10.8. The molecule has 0 amide bonds. The van der Waals surface area contributed by atoms with E-state index in [4.69, 9.17) is 0 Å². The van der Waals surface area contributed by atoms with Gasteiger partial charge in [-0.15, -0.1) is 0 Å². The van der Waals surface area contributed by atoms with Gasteiger partial charge in [0.15, 0.2) is 0 Å². The average Bonchev–Trinajstić information content (AvgIpc) is 2.63. The first-order valence-corrected chi connectivity index (χ1v) is 5.82. The molecule has 0 atom stereocenters. The first-order valence-electron chi connectivity index (χ1n) is 5.82. The van der Waals surface area contributed by atoms with Gasteiger partial charge in [0.25, 0.3) is 0 Å². The first-order chi connectivity index (χ1) is 7.25. The van der Waals surface area contributed by atoms with Crippen LogP contribution >= 0.6 is 0 Å². The van der Waals surface area contributed by atoms with Crippen LogP contribution in [-0.2, 0) is 0 Å². The van der Waals surface area contributed by atoms with E-state index in [1.54, 1.807) is 0 Å². The van der Waals surface area contributed by atoms with Gasteiger partial charge in [0, 0.05) is 11.2 Å². The standard InChI is InChI=1S/C10H11N.2C2H6/c1-7-3-4-10-9(5-7)6-8(2)11-10;2*1-2/h3-6,11H,1-2H3;2*1-2H3. The van der Waals surface area contributed by atoms with Crippen LogP contribution in [0.5, 0.6) is 0 Å². The Morgan fingerprint density at radius 1 is 0.867 bits per heavy atom. The number of rotatable bonds is 0. The molecule has 0 aliphatic heterocycles. The zero-order chi connectivity index (χ0) is 11.8. The van der Waals surface area contributed by atoms with Gasteiger partial charge in [-0.25, -0.2) is 0 Å². The molecule has 1 heteroatoms. The van der Waals surface area contributed by atoms with Crippen LogP contribution in [0, 0.1) is 13.8 Å². The number of benzene rings is 1. The smallest absolute Gasteiger partial charge is 0.0456 e. The molecule has 0 bridgehead atoms. The summed E-state index contributed by atoms with van der Waals surface area (Å²) >= 11 is 0. The highest BCUT2D eigenvalue weighted by atomic mass is 14.7. The largest absolute Gasteiger partial charge is 0.359 e. The fraction of sp³-hybridized carbons (Fsp3) is 0.429. The molecular weight excluding hydrogens is 182 g/mol. The van der Waals surface area contributed by atoms with E-state index in [0.29, 0.717) is 0 Å². The van der Waals surface area contributed by atoms with Crippen molar-refractivity contribution >= 4 is 10.9 Å². The number of aryl methyl sites for hydroxylation is 2. The summed E-state index contributed by atoms with van der Waals surface area (Å²) in [6.07, 6.45) is 0. The van der Waals surface area contributed by atoms with Crippen molar-refractivity contribution in [2.24, 2.45) is 0 Å². The van der Waals surface area contributed by atoms with E-state index in [1.807, 2.05) is 27.7 Å². The molecule has 2 aromatic rings. The summed E-state index contributed by atoms with van der Waals surface area (Å²) in [5.41, 5.74) is 3.77. The number of fused-ring (bicyclic) bond motifs is 1. The van der Waals surface area contributed by atoms with Crippen LogP contribution in [0.3, 0.4) is 0 Å². The Kier molecular flexibility index (Phi) is 6.52. The van der Waals surface area contributed by atoms with E-state index in [2.05, 4.69) is 43.1 Å². The van der Waals surface area contributed by atoms with Gasteiger partial charge in [-0.2, -0.15) is 0 Å². The third kappa shape index (κ3) is 3.78. The van der Waals surface area contributed by atoms with E-state index >= 15 is 0 Å². The Hall–Kier alpha value is -1.24. The molecule has 0 unspecified atom stereocenters. The molecule has 15 heavy (non-hydrogen) atoms. The van der Waals surface area contributed by atoms with Crippen LogP contribution < -0.4 is 0 Å². The lowest BCUT2D eigenvalue weighted by molar-refractivity contribution is 1.30. The van der Waals surface area contributed by atoms with Gasteiger partial charge in [0.1, 0.15) is 0 Å². The van der Waals surface area contributed by atoms with E-state index in [-0.39, 0.29) is 0 Å². The Morgan fingerprint density at radius 3 is 2.07 bits per heavy atom. The monoisotopic (exact) mass is 205 g/mol. The molecule has 1 N–H and O–H groups in total. The molecule has 84 valence electrons. The lowest BCUT2D eigenvalue weighted by Crippen LogP contribution is -1.70. The number of hydrogen-bond donors (Lipinski definition) is 1. The molecule has 0 saturated carbocycles. The maximum Gasteiger partial charge on any atom is 0.0456 e. The lowest BCUT2D eigenvalue weighted by atomic mass is 10.2. The molecule has 1 heterocycles. The van der Waals surface area contributed by atoms with Gasteiger partial charge in [-0.3, -0.25) is 0 Å². The van der Waals surface area contributed by atoms with Crippen molar-refractivity contribution in [3.8, 4) is 0 Å². The van der Waals surface area contributed by atoms with Crippen molar-refractivity contribution < 1.29 is 0 Å². The van der Waals surface area contributed by atoms with E-state index < -0.39 is 0 Å². The minimum atomic E-state index is 1.23. The summed E-state index contributed by atoms with van der Waals surface area (Å²) in [4.78, 5) is 3.29. The highest BCUT2D eigenvalue weighted by Crippen LogP contribution is 2.15. The maximum atomic E-state index is 3.29. The highest BCUT2D eigenvalue weighted by molar-refractivity contribution is 5.80. The van der Waals surface area contributed by atoms with Gasteiger partial charge >= 0.3 is 0 Å². The van der Waals surface area contributed by atoms with Crippen molar-refractivity contribution in [1.82, 2.24) is 4.98 Å². The van der Waals surface area contributed by atoms with Gasteiger partial charge < -0.3 is 4.98 Å². The third-order valence-corrected chi connectivity index (χ3v) is 1.91. The van der Waals surface area contributed by atoms with Crippen LogP contribution in [0.25, 0.3) is 10.9 Å². The number of H-pyrrole nitrogens is 1. The zero-order valence-corrected chi connectivity index (χ0v) is 10.8. The minimum Gasteiger partial charge on any atom is -0.359 e. The molecule has 0 fully saturated rings. The van der Waals surface area contributed by atoms with Crippen LogP contribution in [0.2, 0.25) is 0 Å². The summed E-state index contributed by atoms with van der Waals surface area (Å²) in [6.45, 7) is 12.2. The van der Waals surface area contributed by atoms with E-state index in [9.17, 15) is 0 Å². The van der Waals surface area contributed by atoms with Gasteiger partial charge in [-0.1, -0.05) is 39.3 Å². The predicted molar refractivity (Wildman–Crippen MR) is 70.5 cm³/mol. The summed E-state index contributed by atoms with van der Waals surface area (Å²) in [7, 11) is 0. The van der Waals surface area contributed by atoms with Gasteiger partial charge in [0.05, 0.1) is 0 Å². The molecule has 1 aromatic heterocycles. The van der Waals surface area contributed by atoms with E-state index in [1.165, 1.54) is 22.2 Å². The molecule has 1 nitrogen and oxygen atoms in total. The minimum absolute atomic E-state index is 1.23. The Morgan fingerprint density at radius 2 is 1.47 bits per heavy atom. The molecule has 1 aromatic carbocycles. The maximum absolute atomic E-state index is 3.29. The molecule has 0 aliphatic carbocycles. The normalized spacial score (nSPS) is 8.67. The van der Waals surface area contributed by atoms with Crippen molar-refractivity contribution in [2.45, 2.75) is 41.5 Å². The predicted octanol–water partition coefficient (Wildman–Crippen LogP) is 4.84. The number of aromatic amines is 1. The van der Waals surface area contributed by atoms with Gasteiger partial charge in [-0.05, 0) is 37.4 Å². The Balaban J connectivity index is 0.000000442. The Labute approximate surface area is 93.5 Å². The SMILES string of the molecule is CC.CC.Cc1ccc2[nH]c(C)cc2c1. The first kappa shape index (κ1) is 13.8. The second-order valence-corrected chi connectivity index (χ2v) is 3.04. The highest BCUT2D eigenvalue weighted by Gasteiger charge is 1.95. The van der Waals surface area contributed by atoms with Crippen molar-refractivity contribution in [3.05, 3.63) is 35.5 Å². The van der Waals surface area contributed by atoms with Crippen molar-refractivity contribution in [1.29, 1.82) is 0 Å². The van der Waals surface area contributed by atoms with Gasteiger partial charge in [0.2, 0.25) is 0 Å². The second-order valence-electron chi connectivity index (χ2n) is 3.04. The van der Waals surface area contributed by atoms with Crippen molar-refractivity contribution in [3.63, 3.8) is 0 Å². The number of nitrogens with one attached hydrogen (secondary N) is 1. The van der Waals surface area contributed by atoms with Crippen LogP contribution in [0.4, 0.5) is 0 Å². The average molecular weight is 205 g/mol. The molecule has 2 rings (SSSR count). The van der Waals surface area contributed by atoms with Crippen LogP contribution in [-0.4, -0.2) is 4.98 Å². The second kappa shape index (κ2) is 7.10. The quantitative estimate of drug-likeness (QED) is 0.633. The lowest BCUT2D eigenvalue weighted by Gasteiger charge is -1.90. The third-order valence-electron chi connectivity index (χ3n) is 1.91.